The largest absolute Gasteiger partial charge is 0.387 e. The molecule has 2 atom stereocenters. The van der Waals surface area contributed by atoms with Gasteiger partial charge in [-0.3, -0.25) is 0 Å². The van der Waals surface area contributed by atoms with Crippen LogP contribution in [0.5, 0.6) is 0 Å². The van der Waals surface area contributed by atoms with Gasteiger partial charge in [-0.1, -0.05) is 37.3 Å². The Balaban J connectivity index is 2.39. The Kier molecular flexibility index (Phi) is 4.63. The van der Waals surface area contributed by atoms with Gasteiger partial charge in [-0.25, -0.2) is 0 Å². The summed E-state index contributed by atoms with van der Waals surface area (Å²) in [6, 6.07) is 10.2. The summed E-state index contributed by atoms with van der Waals surface area (Å²) in [6.45, 7) is 4.88. The summed E-state index contributed by atoms with van der Waals surface area (Å²) in [6.07, 6.45) is 0.687. The molecule has 0 heterocycles. The summed E-state index contributed by atoms with van der Waals surface area (Å²) >= 11 is 0. The van der Waals surface area contributed by atoms with Gasteiger partial charge >= 0.3 is 0 Å². The van der Waals surface area contributed by atoms with Crippen LogP contribution in [0.1, 0.15) is 31.9 Å². The number of aliphatic hydroxyl groups is 1. The molecule has 0 fully saturated rings. The predicted molar refractivity (Wildman–Crippen MR) is 59.2 cm³/mol. The molecule has 2 N–H and O–H groups in total. The van der Waals surface area contributed by atoms with Gasteiger partial charge in [0.05, 0.1) is 6.10 Å². The molecular weight excluding hydrogens is 174 g/mol. The molecule has 1 aromatic carbocycles. The topological polar surface area (TPSA) is 32.3 Å². The predicted octanol–water partition coefficient (Wildman–Crippen LogP) is 2.11. The van der Waals surface area contributed by atoms with Crippen molar-refractivity contribution in [2.45, 2.75) is 32.4 Å². The molecule has 0 bridgehead atoms. The number of hydrogen-bond donors (Lipinski definition) is 2. The second-order valence-electron chi connectivity index (χ2n) is 3.64. The molecule has 0 saturated carbocycles. The molecule has 1 aromatic rings. The summed E-state index contributed by atoms with van der Waals surface area (Å²) in [7, 11) is 0. The molecule has 2 nitrogen and oxygen atoms in total. The second-order valence-corrected chi connectivity index (χ2v) is 3.64. The lowest BCUT2D eigenvalue weighted by atomic mass is 10.1. The van der Waals surface area contributed by atoms with Crippen LogP contribution in [0.25, 0.3) is 0 Å². The molecule has 14 heavy (non-hydrogen) atoms. The first-order valence-electron chi connectivity index (χ1n) is 5.20. The smallest absolute Gasteiger partial charge is 0.0914 e. The molecule has 0 amide bonds. The van der Waals surface area contributed by atoms with E-state index in [-0.39, 0.29) is 0 Å². The first kappa shape index (κ1) is 11.2. The molecule has 0 aliphatic heterocycles. The van der Waals surface area contributed by atoms with Crippen molar-refractivity contribution in [1.29, 1.82) is 0 Å². The fourth-order valence-electron chi connectivity index (χ4n) is 1.25. The molecule has 0 spiro atoms. The van der Waals surface area contributed by atoms with Crippen LogP contribution < -0.4 is 5.32 Å². The van der Waals surface area contributed by atoms with Gasteiger partial charge < -0.3 is 10.4 Å². The van der Waals surface area contributed by atoms with E-state index in [1.165, 1.54) is 0 Å². The summed E-state index contributed by atoms with van der Waals surface area (Å²) < 4.78 is 0. The van der Waals surface area contributed by atoms with E-state index in [1.807, 2.05) is 30.3 Å². The highest BCUT2D eigenvalue weighted by Crippen LogP contribution is 2.10. The van der Waals surface area contributed by atoms with Crippen molar-refractivity contribution in [3.05, 3.63) is 35.9 Å². The first-order chi connectivity index (χ1) is 6.74. The molecule has 2 unspecified atom stereocenters. The molecule has 0 radical (unpaired) electrons. The van der Waals surface area contributed by atoms with E-state index in [9.17, 15) is 5.11 Å². The lowest BCUT2D eigenvalue weighted by molar-refractivity contribution is 0.170. The standard InChI is InChI=1S/C12H19NO/c1-3-10(2)13-9-12(14)11-7-5-4-6-8-11/h4-8,10,12-14H,3,9H2,1-2H3. The number of nitrogens with one attached hydrogen (secondary N) is 1. The van der Waals surface area contributed by atoms with E-state index >= 15 is 0 Å². The highest BCUT2D eigenvalue weighted by Gasteiger charge is 2.07. The van der Waals surface area contributed by atoms with Gasteiger partial charge in [-0.2, -0.15) is 0 Å². The number of benzene rings is 1. The van der Waals surface area contributed by atoms with Crippen LogP contribution in [0.3, 0.4) is 0 Å². The fraction of sp³-hybridized carbons (Fsp3) is 0.500. The Morgan fingerprint density at radius 2 is 1.93 bits per heavy atom. The third kappa shape index (κ3) is 3.48. The highest BCUT2D eigenvalue weighted by atomic mass is 16.3. The molecule has 2 heteroatoms. The van der Waals surface area contributed by atoms with Gasteiger partial charge in [-0.15, -0.1) is 0 Å². The molecule has 0 saturated heterocycles. The zero-order valence-electron chi connectivity index (χ0n) is 8.90. The highest BCUT2D eigenvalue weighted by molar-refractivity contribution is 5.17. The van der Waals surface area contributed by atoms with Crippen molar-refractivity contribution in [2.24, 2.45) is 0 Å². The Labute approximate surface area is 86.0 Å². The summed E-state index contributed by atoms with van der Waals surface area (Å²) in [5, 5.41) is 13.1. The average molecular weight is 193 g/mol. The first-order valence-corrected chi connectivity index (χ1v) is 5.20. The van der Waals surface area contributed by atoms with Crippen LogP contribution in [0.4, 0.5) is 0 Å². The minimum absolute atomic E-state index is 0.398. The van der Waals surface area contributed by atoms with E-state index in [4.69, 9.17) is 0 Å². The number of hydrogen-bond acceptors (Lipinski definition) is 2. The van der Waals surface area contributed by atoms with E-state index in [0.29, 0.717) is 12.6 Å². The molecule has 0 aliphatic rings. The SMILES string of the molecule is CCC(C)NCC(O)c1ccccc1. The molecule has 78 valence electrons. The summed E-state index contributed by atoms with van der Waals surface area (Å²) in [5.41, 5.74) is 0.975. The molecule has 0 aromatic heterocycles. The Morgan fingerprint density at radius 3 is 2.50 bits per heavy atom. The van der Waals surface area contributed by atoms with Crippen molar-refractivity contribution in [3.8, 4) is 0 Å². The Bertz CT molecular complexity index is 248. The zero-order chi connectivity index (χ0) is 10.4. The quantitative estimate of drug-likeness (QED) is 0.750. The van der Waals surface area contributed by atoms with Crippen LogP contribution >= 0.6 is 0 Å². The van der Waals surface area contributed by atoms with E-state index in [0.717, 1.165) is 12.0 Å². The van der Waals surface area contributed by atoms with Crippen molar-refractivity contribution in [3.63, 3.8) is 0 Å². The van der Waals surface area contributed by atoms with Crippen molar-refractivity contribution in [2.75, 3.05) is 6.54 Å². The minimum Gasteiger partial charge on any atom is -0.387 e. The maximum Gasteiger partial charge on any atom is 0.0914 e. The van der Waals surface area contributed by atoms with Crippen LogP contribution in [-0.4, -0.2) is 17.7 Å². The van der Waals surface area contributed by atoms with Crippen LogP contribution in [0.2, 0.25) is 0 Å². The zero-order valence-corrected chi connectivity index (χ0v) is 8.90. The summed E-state index contributed by atoms with van der Waals surface area (Å²) in [4.78, 5) is 0. The number of rotatable bonds is 5. The van der Waals surface area contributed by atoms with Gasteiger partial charge in [0.2, 0.25) is 0 Å². The third-order valence-corrected chi connectivity index (χ3v) is 2.46. The van der Waals surface area contributed by atoms with E-state index < -0.39 is 6.10 Å². The lowest BCUT2D eigenvalue weighted by Crippen LogP contribution is -2.29. The van der Waals surface area contributed by atoms with Gasteiger partial charge in [0.1, 0.15) is 0 Å². The van der Waals surface area contributed by atoms with Gasteiger partial charge in [0, 0.05) is 12.6 Å². The van der Waals surface area contributed by atoms with Crippen molar-refractivity contribution in [1.82, 2.24) is 5.32 Å². The van der Waals surface area contributed by atoms with Crippen LogP contribution in [-0.2, 0) is 0 Å². The molecule has 0 aliphatic carbocycles. The Morgan fingerprint density at radius 1 is 1.29 bits per heavy atom. The maximum absolute atomic E-state index is 9.80. The average Bonchev–Trinajstić information content (AvgIpc) is 2.26. The molecular formula is C12H19NO. The lowest BCUT2D eigenvalue weighted by Gasteiger charge is -2.15. The van der Waals surface area contributed by atoms with Crippen molar-refractivity contribution >= 4 is 0 Å². The molecule has 1 rings (SSSR count). The summed E-state index contributed by atoms with van der Waals surface area (Å²) in [5.74, 6) is 0. The van der Waals surface area contributed by atoms with E-state index in [2.05, 4.69) is 19.2 Å². The van der Waals surface area contributed by atoms with Gasteiger partial charge in [0.15, 0.2) is 0 Å². The normalized spacial score (nSPS) is 15.1. The van der Waals surface area contributed by atoms with Crippen LogP contribution in [0, 0.1) is 0 Å². The Hall–Kier alpha value is -0.860. The van der Waals surface area contributed by atoms with Crippen molar-refractivity contribution < 1.29 is 5.11 Å². The van der Waals surface area contributed by atoms with Gasteiger partial charge in [0.25, 0.3) is 0 Å². The van der Waals surface area contributed by atoms with Crippen LogP contribution in [0.15, 0.2) is 30.3 Å². The monoisotopic (exact) mass is 193 g/mol. The van der Waals surface area contributed by atoms with Gasteiger partial charge in [-0.05, 0) is 18.9 Å². The number of aliphatic hydroxyl groups excluding tert-OH is 1. The minimum atomic E-state index is -0.398. The fourth-order valence-corrected chi connectivity index (χ4v) is 1.25. The third-order valence-electron chi connectivity index (χ3n) is 2.46. The maximum atomic E-state index is 9.80. The second kappa shape index (κ2) is 5.78. The van der Waals surface area contributed by atoms with E-state index in [1.54, 1.807) is 0 Å².